The third kappa shape index (κ3) is 4.28. The molecule has 0 fully saturated rings. The molecule has 0 atom stereocenters. The second-order valence-corrected chi connectivity index (χ2v) is 6.83. The van der Waals surface area contributed by atoms with E-state index in [0.717, 1.165) is 13.0 Å². The van der Waals surface area contributed by atoms with Crippen molar-refractivity contribution >= 4 is 10.0 Å². The molecule has 1 N–H and O–H groups in total. The van der Waals surface area contributed by atoms with E-state index in [-0.39, 0.29) is 11.5 Å². The Morgan fingerprint density at radius 3 is 2.35 bits per heavy atom. The van der Waals surface area contributed by atoms with Gasteiger partial charge in [0, 0.05) is 13.1 Å². The van der Waals surface area contributed by atoms with Crippen molar-refractivity contribution in [1.82, 2.24) is 9.21 Å². The fourth-order valence-corrected chi connectivity index (χ4v) is 3.74. The van der Waals surface area contributed by atoms with Gasteiger partial charge in [-0.1, -0.05) is 25.1 Å². The van der Waals surface area contributed by atoms with Crippen LogP contribution in [-0.2, 0) is 16.6 Å². The third-order valence-electron chi connectivity index (χ3n) is 3.13. The third-order valence-corrected chi connectivity index (χ3v) is 5.20. The molecular weight excluding hydrogens is 276 g/mol. The maximum Gasteiger partial charge on any atom is 0.243 e. The SMILES string of the molecule is CCN(CCCN(C)C)S(=O)(=O)c1ccccc1CO. The Hall–Kier alpha value is -0.950. The van der Waals surface area contributed by atoms with Crippen molar-refractivity contribution in [3.8, 4) is 0 Å². The molecule has 0 heterocycles. The number of hydrogen-bond donors (Lipinski definition) is 1. The summed E-state index contributed by atoms with van der Waals surface area (Å²) >= 11 is 0. The lowest BCUT2D eigenvalue weighted by Crippen LogP contribution is -2.33. The van der Waals surface area contributed by atoms with Gasteiger partial charge in [-0.25, -0.2) is 8.42 Å². The molecule has 0 aromatic heterocycles. The summed E-state index contributed by atoms with van der Waals surface area (Å²) in [7, 11) is 0.391. The zero-order valence-electron chi connectivity index (χ0n) is 12.4. The standard InChI is InChI=1S/C14H24N2O3S/c1-4-16(11-7-10-15(2)3)20(18,19)14-9-6-5-8-13(14)12-17/h5-6,8-9,17H,4,7,10-12H2,1-3H3. The fourth-order valence-electron chi connectivity index (χ4n) is 2.04. The van der Waals surface area contributed by atoms with E-state index in [1.807, 2.05) is 25.9 Å². The van der Waals surface area contributed by atoms with Crippen LogP contribution in [0.15, 0.2) is 29.2 Å². The van der Waals surface area contributed by atoms with E-state index < -0.39 is 10.0 Å². The second-order valence-electron chi connectivity index (χ2n) is 4.92. The predicted octanol–water partition coefficient (Wildman–Crippen LogP) is 1.14. The molecule has 0 aliphatic heterocycles. The molecule has 0 spiro atoms. The number of aliphatic hydroxyl groups is 1. The predicted molar refractivity (Wildman–Crippen MR) is 80.0 cm³/mol. The zero-order valence-corrected chi connectivity index (χ0v) is 13.2. The summed E-state index contributed by atoms with van der Waals surface area (Å²) in [5.41, 5.74) is 0.443. The quantitative estimate of drug-likeness (QED) is 0.782. The lowest BCUT2D eigenvalue weighted by Gasteiger charge is -2.22. The number of sulfonamides is 1. The van der Waals surface area contributed by atoms with Crippen molar-refractivity contribution in [2.24, 2.45) is 0 Å². The van der Waals surface area contributed by atoms with Crippen LogP contribution in [0.5, 0.6) is 0 Å². The molecule has 1 rings (SSSR count). The lowest BCUT2D eigenvalue weighted by atomic mass is 10.2. The van der Waals surface area contributed by atoms with Crippen molar-refractivity contribution < 1.29 is 13.5 Å². The summed E-state index contributed by atoms with van der Waals surface area (Å²) in [6.07, 6.45) is 0.779. The Morgan fingerprint density at radius 2 is 1.80 bits per heavy atom. The zero-order chi connectivity index (χ0) is 15.2. The molecule has 0 saturated heterocycles. The highest BCUT2D eigenvalue weighted by molar-refractivity contribution is 7.89. The van der Waals surface area contributed by atoms with Crippen molar-refractivity contribution in [2.45, 2.75) is 24.8 Å². The monoisotopic (exact) mass is 300 g/mol. The fraction of sp³-hybridized carbons (Fsp3) is 0.571. The molecular formula is C14H24N2O3S. The highest BCUT2D eigenvalue weighted by atomic mass is 32.2. The summed E-state index contributed by atoms with van der Waals surface area (Å²) < 4.78 is 26.7. The maximum atomic E-state index is 12.6. The number of benzene rings is 1. The van der Waals surface area contributed by atoms with Gasteiger partial charge in [0.2, 0.25) is 10.0 Å². The molecule has 0 radical (unpaired) electrons. The first kappa shape index (κ1) is 17.1. The number of aliphatic hydroxyl groups excluding tert-OH is 1. The smallest absolute Gasteiger partial charge is 0.243 e. The van der Waals surface area contributed by atoms with E-state index in [0.29, 0.717) is 18.7 Å². The van der Waals surface area contributed by atoms with Crippen LogP contribution in [0, 0.1) is 0 Å². The average Bonchev–Trinajstić information content (AvgIpc) is 2.43. The van der Waals surface area contributed by atoms with Gasteiger partial charge in [0.15, 0.2) is 0 Å². The molecule has 114 valence electrons. The minimum absolute atomic E-state index is 0.203. The van der Waals surface area contributed by atoms with Crippen LogP contribution < -0.4 is 0 Å². The molecule has 20 heavy (non-hydrogen) atoms. The maximum absolute atomic E-state index is 12.6. The molecule has 0 aliphatic carbocycles. The number of hydrogen-bond acceptors (Lipinski definition) is 4. The van der Waals surface area contributed by atoms with E-state index in [4.69, 9.17) is 0 Å². The topological polar surface area (TPSA) is 60.9 Å². The van der Waals surface area contributed by atoms with Gasteiger partial charge >= 0.3 is 0 Å². The highest BCUT2D eigenvalue weighted by Gasteiger charge is 2.24. The van der Waals surface area contributed by atoms with Crippen LogP contribution in [-0.4, -0.2) is 56.5 Å². The summed E-state index contributed by atoms with van der Waals surface area (Å²) in [6, 6.07) is 6.60. The Kier molecular flexibility index (Phi) is 6.61. The minimum atomic E-state index is -3.54. The van der Waals surface area contributed by atoms with Crippen molar-refractivity contribution in [3.05, 3.63) is 29.8 Å². The molecule has 5 nitrogen and oxygen atoms in total. The van der Waals surface area contributed by atoms with Gasteiger partial charge in [0.25, 0.3) is 0 Å². The van der Waals surface area contributed by atoms with E-state index in [9.17, 15) is 13.5 Å². The van der Waals surface area contributed by atoms with Crippen LogP contribution in [0.1, 0.15) is 18.9 Å². The average molecular weight is 300 g/mol. The van der Waals surface area contributed by atoms with Gasteiger partial charge in [-0.05, 0) is 38.7 Å². The molecule has 0 bridgehead atoms. The molecule has 0 saturated carbocycles. The first-order valence-corrected chi connectivity index (χ1v) is 8.21. The van der Waals surface area contributed by atoms with Crippen molar-refractivity contribution in [1.29, 1.82) is 0 Å². The van der Waals surface area contributed by atoms with Crippen LogP contribution in [0.3, 0.4) is 0 Å². The van der Waals surface area contributed by atoms with E-state index in [2.05, 4.69) is 0 Å². The molecule has 1 aromatic carbocycles. The number of rotatable bonds is 8. The first-order chi connectivity index (χ1) is 9.43. The molecule has 0 amide bonds. The lowest BCUT2D eigenvalue weighted by molar-refractivity contribution is 0.278. The summed E-state index contributed by atoms with van der Waals surface area (Å²) in [5.74, 6) is 0. The molecule has 0 unspecified atom stereocenters. The van der Waals surface area contributed by atoms with Crippen LogP contribution in [0.4, 0.5) is 0 Å². The normalized spacial score (nSPS) is 12.3. The second kappa shape index (κ2) is 7.73. The van der Waals surface area contributed by atoms with Gasteiger partial charge in [0.05, 0.1) is 11.5 Å². The largest absolute Gasteiger partial charge is 0.392 e. The van der Waals surface area contributed by atoms with Crippen molar-refractivity contribution in [3.63, 3.8) is 0 Å². The molecule has 6 heteroatoms. The number of nitrogens with zero attached hydrogens (tertiary/aromatic N) is 2. The van der Waals surface area contributed by atoms with Gasteiger partial charge < -0.3 is 10.0 Å². The van der Waals surface area contributed by atoms with E-state index in [1.54, 1.807) is 24.3 Å². The highest BCUT2D eigenvalue weighted by Crippen LogP contribution is 2.20. The summed E-state index contributed by atoms with van der Waals surface area (Å²) in [5, 5.41) is 9.30. The summed E-state index contributed by atoms with van der Waals surface area (Å²) in [6.45, 7) is 3.30. The van der Waals surface area contributed by atoms with E-state index >= 15 is 0 Å². The minimum Gasteiger partial charge on any atom is -0.392 e. The van der Waals surface area contributed by atoms with Gasteiger partial charge in [-0.2, -0.15) is 4.31 Å². The van der Waals surface area contributed by atoms with Crippen molar-refractivity contribution in [2.75, 3.05) is 33.7 Å². The van der Waals surface area contributed by atoms with Gasteiger partial charge in [0.1, 0.15) is 0 Å². The Morgan fingerprint density at radius 1 is 1.15 bits per heavy atom. The Balaban J connectivity index is 2.94. The van der Waals surface area contributed by atoms with E-state index in [1.165, 1.54) is 4.31 Å². The van der Waals surface area contributed by atoms with Crippen LogP contribution in [0.2, 0.25) is 0 Å². The first-order valence-electron chi connectivity index (χ1n) is 6.77. The van der Waals surface area contributed by atoms with Gasteiger partial charge in [-0.15, -0.1) is 0 Å². The summed E-state index contributed by atoms with van der Waals surface area (Å²) in [4.78, 5) is 2.23. The van der Waals surface area contributed by atoms with Gasteiger partial charge in [-0.3, -0.25) is 0 Å². The van der Waals surface area contributed by atoms with Crippen LogP contribution in [0.25, 0.3) is 0 Å². The molecule has 0 aliphatic rings. The Labute approximate surface area is 121 Å². The molecule has 1 aromatic rings. The van der Waals surface area contributed by atoms with Crippen LogP contribution >= 0.6 is 0 Å². The Bertz CT molecular complexity index is 515.